The van der Waals surface area contributed by atoms with E-state index >= 15 is 0 Å². The van der Waals surface area contributed by atoms with Crippen LogP contribution >= 0.6 is 0 Å². The fraction of sp³-hybridized carbons (Fsp3) is 0.444. The molecule has 2 N–H and O–H groups in total. The van der Waals surface area contributed by atoms with Crippen molar-refractivity contribution in [3.63, 3.8) is 0 Å². The third-order valence-corrected chi connectivity index (χ3v) is 4.08. The number of carbonyl (C=O) groups is 1. The van der Waals surface area contributed by atoms with E-state index in [2.05, 4.69) is 24.5 Å². The summed E-state index contributed by atoms with van der Waals surface area (Å²) in [6.07, 6.45) is 2.00. The molecule has 2 aromatic rings. The topological polar surface area (TPSA) is 68.2 Å². The van der Waals surface area contributed by atoms with Gasteiger partial charge >= 0.3 is 0 Å². The smallest absolute Gasteiger partial charge is 0.239 e. The van der Waals surface area contributed by atoms with Gasteiger partial charge in [-0.3, -0.25) is 4.79 Å². The first-order valence-corrected chi connectivity index (χ1v) is 8.38. The zero-order valence-electron chi connectivity index (χ0n) is 14.2. The van der Waals surface area contributed by atoms with E-state index in [0.29, 0.717) is 26.3 Å². The minimum atomic E-state index is -0.273. The van der Waals surface area contributed by atoms with E-state index in [-0.39, 0.29) is 17.9 Å². The molecule has 1 aliphatic heterocycles. The van der Waals surface area contributed by atoms with E-state index in [1.165, 1.54) is 0 Å². The number of rotatable bonds is 5. The number of morpholine rings is 1. The van der Waals surface area contributed by atoms with Gasteiger partial charge in [-0.2, -0.15) is 5.10 Å². The summed E-state index contributed by atoms with van der Waals surface area (Å²) in [6, 6.07) is 9.72. The molecule has 6 heteroatoms. The Balaban J connectivity index is 1.72. The van der Waals surface area contributed by atoms with Crippen molar-refractivity contribution in [1.29, 1.82) is 0 Å². The minimum absolute atomic E-state index is 0.0307. The van der Waals surface area contributed by atoms with Crippen molar-refractivity contribution in [2.45, 2.75) is 32.4 Å². The molecule has 1 aromatic carbocycles. The Bertz CT molecular complexity index is 676. The number of carbonyl (C=O) groups excluding carboxylic acids is 1. The second kappa shape index (κ2) is 7.59. The summed E-state index contributed by atoms with van der Waals surface area (Å²) >= 11 is 0. The van der Waals surface area contributed by atoms with Gasteiger partial charge in [0.15, 0.2) is 0 Å². The fourth-order valence-electron chi connectivity index (χ4n) is 2.80. The first kappa shape index (κ1) is 16.7. The predicted octanol–water partition coefficient (Wildman–Crippen LogP) is 1.60. The van der Waals surface area contributed by atoms with E-state index < -0.39 is 0 Å². The molecule has 1 aromatic heterocycles. The lowest BCUT2D eigenvalue weighted by Crippen LogP contribution is -2.51. The Morgan fingerprint density at radius 1 is 1.42 bits per heavy atom. The number of hydrogen-bond acceptors (Lipinski definition) is 4. The molecule has 0 saturated carbocycles. The van der Waals surface area contributed by atoms with Crippen LogP contribution < -0.4 is 10.6 Å². The summed E-state index contributed by atoms with van der Waals surface area (Å²) in [6.45, 7) is 6.48. The number of nitrogens with zero attached hydrogens (tertiary/aromatic N) is 2. The average Bonchev–Trinajstić information content (AvgIpc) is 3.06. The van der Waals surface area contributed by atoms with E-state index in [4.69, 9.17) is 9.84 Å². The van der Waals surface area contributed by atoms with Crippen LogP contribution in [0.15, 0.2) is 36.5 Å². The highest BCUT2D eigenvalue weighted by atomic mass is 16.5. The van der Waals surface area contributed by atoms with Crippen molar-refractivity contribution in [1.82, 2.24) is 20.4 Å². The van der Waals surface area contributed by atoms with Crippen molar-refractivity contribution in [3.05, 3.63) is 47.8 Å². The first-order chi connectivity index (χ1) is 11.6. The molecular formula is C18H24N4O2. The molecule has 1 atom stereocenters. The minimum Gasteiger partial charge on any atom is -0.378 e. The van der Waals surface area contributed by atoms with Gasteiger partial charge < -0.3 is 15.4 Å². The fourth-order valence-corrected chi connectivity index (χ4v) is 2.80. The lowest BCUT2D eigenvalue weighted by atomic mass is 10.1. The molecule has 2 heterocycles. The standard InChI is InChI=1S/C18H24N4O2/c1-13(2)17-14(10-20-18(23)16-12-24-9-8-19-16)11-22(21-17)15-6-4-3-5-7-15/h3-7,11,13,16,19H,8-10,12H2,1-2H3,(H,20,23)/t16-/m1/s1. The van der Waals surface area contributed by atoms with Gasteiger partial charge in [0.1, 0.15) is 6.04 Å². The third-order valence-electron chi connectivity index (χ3n) is 4.08. The van der Waals surface area contributed by atoms with Gasteiger partial charge in [0.2, 0.25) is 5.91 Å². The molecule has 0 aliphatic carbocycles. The Hall–Kier alpha value is -2.18. The van der Waals surface area contributed by atoms with Crippen LogP contribution in [-0.2, 0) is 16.1 Å². The molecule has 1 saturated heterocycles. The number of benzene rings is 1. The van der Waals surface area contributed by atoms with E-state index in [0.717, 1.165) is 16.9 Å². The lowest BCUT2D eigenvalue weighted by Gasteiger charge is -2.22. The quantitative estimate of drug-likeness (QED) is 0.875. The molecule has 24 heavy (non-hydrogen) atoms. The van der Waals surface area contributed by atoms with E-state index in [1.807, 2.05) is 41.2 Å². The zero-order chi connectivity index (χ0) is 16.9. The molecule has 0 bridgehead atoms. The number of aromatic nitrogens is 2. The van der Waals surface area contributed by atoms with Crippen molar-refractivity contribution >= 4 is 5.91 Å². The number of ether oxygens (including phenoxy) is 1. The highest BCUT2D eigenvalue weighted by molar-refractivity contribution is 5.82. The lowest BCUT2D eigenvalue weighted by molar-refractivity contribution is -0.126. The monoisotopic (exact) mass is 328 g/mol. The molecule has 6 nitrogen and oxygen atoms in total. The van der Waals surface area contributed by atoms with Crippen LogP contribution in [0.1, 0.15) is 31.0 Å². The van der Waals surface area contributed by atoms with Crippen molar-refractivity contribution < 1.29 is 9.53 Å². The van der Waals surface area contributed by atoms with Crippen molar-refractivity contribution in [2.75, 3.05) is 19.8 Å². The summed E-state index contributed by atoms with van der Waals surface area (Å²) in [5, 5.41) is 10.9. The molecule has 1 aliphatic rings. The number of para-hydroxylation sites is 1. The second-order valence-corrected chi connectivity index (χ2v) is 6.27. The van der Waals surface area contributed by atoms with Crippen LogP contribution in [-0.4, -0.2) is 41.5 Å². The van der Waals surface area contributed by atoms with E-state index in [9.17, 15) is 4.79 Å². The highest BCUT2D eigenvalue weighted by Gasteiger charge is 2.21. The molecular weight excluding hydrogens is 304 g/mol. The summed E-state index contributed by atoms with van der Waals surface area (Å²) in [4.78, 5) is 12.2. The van der Waals surface area contributed by atoms with Gasteiger partial charge in [0.25, 0.3) is 0 Å². The number of hydrogen-bond donors (Lipinski definition) is 2. The second-order valence-electron chi connectivity index (χ2n) is 6.27. The van der Waals surface area contributed by atoms with Gasteiger partial charge in [0.05, 0.1) is 24.6 Å². The third kappa shape index (κ3) is 3.83. The van der Waals surface area contributed by atoms with Crippen LogP contribution in [0.2, 0.25) is 0 Å². The predicted molar refractivity (Wildman–Crippen MR) is 92.1 cm³/mol. The van der Waals surface area contributed by atoms with E-state index in [1.54, 1.807) is 0 Å². The summed E-state index contributed by atoms with van der Waals surface area (Å²) in [5.41, 5.74) is 3.06. The normalized spacial score (nSPS) is 17.9. The molecule has 128 valence electrons. The van der Waals surface area contributed by atoms with Crippen LogP contribution in [0, 0.1) is 0 Å². The largest absolute Gasteiger partial charge is 0.378 e. The molecule has 0 radical (unpaired) electrons. The van der Waals surface area contributed by atoms with Gasteiger partial charge in [-0.15, -0.1) is 0 Å². The van der Waals surface area contributed by atoms with Gasteiger partial charge in [-0.1, -0.05) is 32.0 Å². The SMILES string of the molecule is CC(C)c1nn(-c2ccccc2)cc1CNC(=O)[C@H]1COCCN1. The summed E-state index contributed by atoms with van der Waals surface area (Å²) in [7, 11) is 0. The van der Waals surface area contributed by atoms with Gasteiger partial charge in [-0.25, -0.2) is 4.68 Å². The first-order valence-electron chi connectivity index (χ1n) is 8.38. The molecule has 1 fully saturated rings. The highest BCUT2D eigenvalue weighted by Crippen LogP contribution is 2.20. The Labute approximate surface area is 142 Å². The maximum atomic E-state index is 12.2. The van der Waals surface area contributed by atoms with Gasteiger partial charge in [-0.05, 0) is 18.1 Å². The van der Waals surface area contributed by atoms with Crippen LogP contribution in [0.3, 0.4) is 0 Å². The summed E-state index contributed by atoms with van der Waals surface area (Å²) < 4.78 is 7.21. The maximum Gasteiger partial charge on any atom is 0.239 e. The Kier molecular flexibility index (Phi) is 5.27. The van der Waals surface area contributed by atoms with Crippen molar-refractivity contribution in [3.8, 4) is 5.69 Å². The molecule has 0 spiro atoms. The van der Waals surface area contributed by atoms with Crippen LogP contribution in [0.25, 0.3) is 5.69 Å². The zero-order valence-corrected chi connectivity index (χ0v) is 14.2. The maximum absolute atomic E-state index is 12.2. The Morgan fingerprint density at radius 3 is 2.88 bits per heavy atom. The Morgan fingerprint density at radius 2 is 2.21 bits per heavy atom. The summed E-state index contributed by atoms with van der Waals surface area (Å²) in [5.74, 6) is 0.259. The number of amides is 1. The van der Waals surface area contributed by atoms with Gasteiger partial charge in [0, 0.05) is 24.8 Å². The number of nitrogens with one attached hydrogen (secondary N) is 2. The molecule has 0 unspecified atom stereocenters. The van der Waals surface area contributed by atoms with Crippen LogP contribution in [0.4, 0.5) is 0 Å². The molecule has 1 amide bonds. The van der Waals surface area contributed by atoms with Crippen LogP contribution in [0.5, 0.6) is 0 Å². The average molecular weight is 328 g/mol. The molecule has 3 rings (SSSR count). The van der Waals surface area contributed by atoms with Crippen molar-refractivity contribution in [2.24, 2.45) is 0 Å².